The average molecular weight is 375 g/mol. The fraction of sp³-hybridized carbons (Fsp3) is 0.333. The van der Waals surface area contributed by atoms with Gasteiger partial charge in [0.15, 0.2) is 5.96 Å². The van der Waals surface area contributed by atoms with E-state index in [9.17, 15) is 19.5 Å². The molecule has 0 aromatic heterocycles. The highest BCUT2D eigenvalue weighted by molar-refractivity contribution is 5.98. The first-order valence-electron chi connectivity index (χ1n) is 8.35. The molecule has 1 unspecified atom stereocenters. The molecule has 0 saturated carbocycles. The molecule has 0 saturated heterocycles. The van der Waals surface area contributed by atoms with Crippen LogP contribution in [0.4, 0.5) is 5.69 Å². The number of aliphatic hydroxyl groups is 1. The fourth-order valence-electron chi connectivity index (χ4n) is 2.20. The van der Waals surface area contributed by atoms with Gasteiger partial charge >= 0.3 is 0 Å². The number of hydrogen-bond acceptors (Lipinski definition) is 5. The van der Waals surface area contributed by atoms with E-state index in [0.29, 0.717) is 18.5 Å². The Morgan fingerprint density at radius 1 is 1.22 bits per heavy atom. The standard InChI is InChI=1S/C18H25N5O4/c1-3-15(25)14(21-11-24)10-12-4-6-13(7-5-12)22-16(26)8-9-17(27)23-18(19)20-2/h3-7,11,14,25H,8-10H2,1-2H3,(H,21,24)(H,22,26)(H3,19,20,23,27). The molecule has 0 aliphatic heterocycles. The summed E-state index contributed by atoms with van der Waals surface area (Å²) in [6.07, 6.45) is 2.46. The van der Waals surface area contributed by atoms with Gasteiger partial charge in [0.25, 0.3) is 0 Å². The third-order valence-electron chi connectivity index (χ3n) is 3.69. The number of rotatable bonds is 9. The molecule has 0 bridgehead atoms. The van der Waals surface area contributed by atoms with Crippen molar-refractivity contribution in [3.05, 3.63) is 41.7 Å². The van der Waals surface area contributed by atoms with E-state index < -0.39 is 6.04 Å². The molecule has 0 fully saturated rings. The highest BCUT2D eigenvalue weighted by Gasteiger charge is 2.13. The summed E-state index contributed by atoms with van der Waals surface area (Å²) in [7, 11) is 1.45. The highest BCUT2D eigenvalue weighted by Crippen LogP contribution is 2.13. The van der Waals surface area contributed by atoms with Crippen molar-refractivity contribution in [3.63, 3.8) is 0 Å². The van der Waals surface area contributed by atoms with Crippen LogP contribution in [0.5, 0.6) is 0 Å². The lowest BCUT2D eigenvalue weighted by Gasteiger charge is -2.15. The van der Waals surface area contributed by atoms with Crippen LogP contribution < -0.4 is 21.7 Å². The largest absolute Gasteiger partial charge is 0.510 e. The van der Waals surface area contributed by atoms with Gasteiger partial charge in [0.2, 0.25) is 18.2 Å². The predicted molar refractivity (Wildman–Crippen MR) is 103 cm³/mol. The zero-order valence-electron chi connectivity index (χ0n) is 15.4. The Morgan fingerprint density at radius 2 is 1.85 bits per heavy atom. The molecule has 0 spiro atoms. The van der Waals surface area contributed by atoms with Gasteiger partial charge in [0.1, 0.15) is 5.76 Å². The van der Waals surface area contributed by atoms with Crippen molar-refractivity contribution in [2.24, 2.45) is 10.7 Å². The van der Waals surface area contributed by atoms with Crippen molar-refractivity contribution in [1.82, 2.24) is 10.6 Å². The molecule has 9 heteroatoms. The number of carbonyl (C=O) groups excluding carboxylic acids is 3. The number of nitrogens with two attached hydrogens (primary N) is 1. The number of allylic oxidation sites excluding steroid dienone is 1. The summed E-state index contributed by atoms with van der Waals surface area (Å²) in [5.74, 6) is -0.619. The average Bonchev–Trinajstić information content (AvgIpc) is 2.66. The summed E-state index contributed by atoms with van der Waals surface area (Å²) in [6.45, 7) is 1.68. The first-order chi connectivity index (χ1) is 12.9. The van der Waals surface area contributed by atoms with Crippen LogP contribution in [0, 0.1) is 0 Å². The number of hydrogen-bond donors (Lipinski definition) is 5. The molecule has 1 rings (SSSR count). The van der Waals surface area contributed by atoms with Crippen molar-refractivity contribution >= 4 is 29.9 Å². The number of nitrogens with one attached hydrogen (secondary N) is 3. The number of nitrogens with zero attached hydrogens (tertiary/aromatic N) is 1. The Bertz CT molecular complexity index is 713. The second-order valence-electron chi connectivity index (χ2n) is 5.66. The molecule has 3 amide bonds. The number of amides is 3. The van der Waals surface area contributed by atoms with Crippen molar-refractivity contribution < 1.29 is 19.5 Å². The van der Waals surface area contributed by atoms with Gasteiger partial charge in [0, 0.05) is 25.6 Å². The molecular weight excluding hydrogens is 350 g/mol. The van der Waals surface area contributed by atoms with Crippen molar-refractivity contribution in [2.75, 3.05) is 12.4 Å². The predicted octanol–water partition coefficient (Wildman–Crippen LogP) is 0.585. The van der Waals surface area contributed by atoms with Gasteiger partial charge in [-0.3, -0.25) is 24.7 Å². The summed E-state index contributed by atoms with van der Waals surface area (Å²) < 4.78 is 0. The molecule has 1 atom stereocenters. The molecule has 0 aliphatic carbocycles. The minimum Gasteiger partial charge on any atom is -0.510 e. The van der Waals surface area contributed by atoms with E-state index in [1.54, 1.807) is 31.2 Å². The normalized spacial score (nSPS) is 12.8. The smallest absolute Gasteiger partial charge is 0.227 e. The molecule has 27 heavy (non-hydrogen) atoms. The second kappa shape index (κ2) is 11.3. The lowest BCUT2D eigenvalue weighted by molar-refractivity contribution is -0.123. The minimum absolute atomic E-state index is 0.00215. The van der Waals surface area contributed by atoms with E-state index in [1.807, 2.05) is 0 Å². The number of benzene rings is 1. The molecular formula is C18H25N5O4. The topological polar surface area (TPSA) is 146 Å². The van der Waals surface area contributed by atoms with Crippen LogP contribution in [0.15, 0.2) is 41.1 Å². The number of aliphatic imine (C=N–C) groups is 1. The maximum atomic E-state index is 11.9. The van der Waals surface area contributed by atoms with E-state index in [4.69, 9.17) is 5.73 Å². The number of guanidine groups is 1. The second-order valence-corrected chi connectivity index (χ2v) is 5.66. The molecule has 0 heterocycles. The summed E-state index contributed by atoms with van der Waals surface area (Å²) in [5, 5.41) is 17.4. The van der Waals surface area contributed by atoms with Crippen molar-refractivity contribution in [1.29, 1.82) is 0 Å². The molecule has 146 valence electrons. The van der Waals surface area contributed by atoms with E-state index >= 15 is 0 Å². The third-order valence-corrected chi connectivity index (χ3v) is 3.69. The molecule has 1 aromatic carbocycles. The van der Waals surface area contributed by atoms with Gasteiger partial charge in [-0.15, -0.1) is 0 Å². The third kappa shape index (κ3) is 8.04. The molecule has 0 aliphatic rings. The van der Waals surface area contributed by atoms with Gasteiger partial charge in [-0.05, 0) is 37.1 Å². The van der Waals surface area contributed by atoms with E-state index in [0.717, 1.165) is 5.56 Å². The van der Waals surface area contributed by atoms with Crippen molar-refractivity contribution in [3.8, 4) is 0 Å². The highest BCUT2D eigenvalue weighted by atomic mass is 16.3. The fourth-order valence-corrected chi connectivity index (χ4v) is 2.20. The Morgan fingerprint density at radius 3 is 2.41 bits per heavy atom. The first kappa shape index (κ1) is 21.7. The summed E-state index contributed by atoms with van der Waals surface area (Å²) in [6, 6.07) is 6.47. The van der Waals surface area contributed by atoms with Gasteiger partial charge in [-0.1, -0.05) is 12.1 Å². The zero-order valence-corrected chi connectivity index (χ0v) is 15.4. The van der Waals surface area contributed by atoms with E-state index in [1.165, 1.54) is 13.1 Å². The van der Waals surface area contributed by atoms with Gasteiger partial charge < -0.3 is 21.5 Å². The lowest BCUT2D eigenvalue weighted by atomic mass is 10.0. The Hall–Kier alpha value is -3.36. The Kier molecular flexibility index (Phi) is 9.07. The number of anilines is 1. The molecule has 1 aromatic rings. The van der Waals surface area contributed by atoms with Crippen LogP contribution in [-0.2, 0) is 20.8 Å². The monoisotopic (exact) mass is 375 g/mol. The minimum atomic E-state index is -0.509. The van der Waals surface area contributed by atoms with Crippen LogP contribution in [0.2, 0.25) is 0 Å². The number of aliphatic hydroxyl groups excluding tert-OH is 1. The maximum absolute atomic E-state index is 11.9. The number of carbonyl (C=O) groups is 3. The lowest BCUT2D eigenvalue weighted by Crippen LogP contribution is -2.36. The Labute approximate surface area is 157 Å². The Balaban J connectivity index is 2.55. The molecule has 0 radical (unpaired) electrons. The van der Waals surface area contributed by atoms with Gasteiger partial charge in [0.05, 0.1) is 6.04 Å². The van der Waals surface area contributed by atoms with Crippen molar-refractivity contribution in [2.45, 2.75) is 32.2 Å². The summed E-state index contributed by atoms with van der Waals surface area (Å²) >= 11 is 0. The van der Waals surface area contributed by atoms with E-state index in [-0.39, 0.29) is 36.4 Å². The SMILES string of the molecule is CC=C(O)C(Cc1ccc(NC(=O)CCC(=O)NC(N)=NC)cc1)NC=O. The first-order valence-corrected chi connectivity index (χ1v) is 8.35. The molecule has 6 N–H and O–H groups in total. The maximum Gasteiger partial charge on any atom is 0.227 e. The van der Waals surface area contributed by atoms with Gasteiger partial charge in [-0.2, -0.15) is 0 Å². The summed E-state index contributed by atoms with van der Waals surface area (Å²) in [5.41, 5.74) is 6.82. The van der Waals surface area contributed by atoms with Crippen LogP contribution in [0.3, 0.4) is 0 Å². The van der Waals surface area contributed by atoms with Gasteiger partial charge in [-0.25, -0.2) is 0 Å². The van der Waals surface area contributed by atoms with Crippen LogP contribution in [-0.4, -0.2) is 42.4 Å². The van der Waals surface area contributed by atoms with Crippen LogP contribution in [0.1, 0.15) is 25.3 Å². The quantitative estimate of drug-likeness (QED) is 0.185. The van der Waals surface area contributed by atoms with Crippen LogP contribution in [0.25, 0.3) is 0 Å². The zero-order chi connectivity index (χ0) is 20.2. The molecule has 9 nitrogen and oxygen atoms in total. The van der Waals surface area contributed by atoms with E-state index in [2.05, 4.69) is 20.9 Å². The van der Waals surface area contributed by atoms with Crippen LogP contribution >= 0.6 is 0 Å². The summed E-state index contributed by atoms with van der Waals surface area (Å²) in [4.78, 5) is 37.7.